The van der Waals surface area contributed by atoms with Gasteiger partial charge in [0.05, 0.1) is 6.26 Å². The number of hydrogen-bond donors (Lipinski definition) is 2. The maximum absolute atomic E-state index is 13.6. The number of alkyl halides is 3. The molecule has 6 nitrogen and oxygen atoms in total. The molecule has 1 atom stereocenters. The lowest BCUT2D eigenvalue weighted by Gasteiger charge is -2.31. The van der Waals surface area contributed by atoms with E-state index in [-0.39, 0.29) is 11.9 Å². The van der Waals surface area contributed by atoms with E-state index >= 15 is 0 Å². The zero-order valence-corrected chi connectivity index (χ0v) is 23.8. The van der Waals surface area contributed by atoms with Crippen molar-refractivity contribution in [3.8, 4) is 11.1 Å². The predicted molar refractivity (Wildman–Crippen MR) is 153 cm³/mol. The molecule has 0 aliphatic heterocycles. The number of unbranched alkanes of at least 4 members (excludes halogenated alkanes) is 1. The Labute approximate surface area is 239 Å². The fraction of sp³-hybridized carbons (Fsp3) is 0.438. The number of aryl methyl sites for hydroxylation is 1. The molecule has 0 saturated heterocycles. The van der Waals surface area contributed by atoms with Gasteiger partial charge in [-0.3, -0.25) is 9.59 Å². The number of carbonyl (C=O) groups is 2. The van der Waals surface area contributed by atoms with Gasteiger partial charge in [0.2, 0.25) is 5.91 Å². The molecule has 0 spiro atoms. The molecule has 0 fully saturated rings. The van der Waals surface area contributed by atoms with Gasteiger partial charge in [-0.25, -0.2) is 0 Å². The van der Waals surface area contributed by atoms with Crippen molar-refractivity contribution in [2.75, 3.05) is 26.2 Å². The topological polar surface area (TPSA) is 74.6 Å². The number of nitrogens with zero attached hydrogens (tertiary/aromatic N) is 1. The maximum Gasteiger partial charge on any atom is 0.405 e. The Morgan fingerprint density at radius 1 is 0.976 bits per heavy atom. The second kappa shape index (κ2) is 12.9. The van der Waals surface area contributed by atoms with Crippen molar-refractivity contribution >= 4 is 11.8 Å². The highest BCUT2D eigenvalue weighted by Gasteiger charge is 2.49. The smallest absolute Gasteiger partial charge is 0.405 e. The normalized spacial score (nSPS) is 14.4. The molecule has 2 N–H and O–H groups in total. The summed E-state index contributed by atoms with van der Waals surface area (Å²) in [4.78, 5) is 28.4. The Morgan fingerprint density at radius 3 is 2.17 bits per heavy atom. The van der Waals surface area contributed by atoms with Crippen molar-refractivity contribution in [3.05, 3.63) is 83.3 Å². The molecule has 0 bridgehead atoms. The monoisotopic (exact) mass is 569 g/mol. The standard InChI is InChI=1S/C32H38F3N3O3/c1-4-38(19-15-23(3)37-29(39)28-22(2)16-20-41-28)18-10-9-17-31(30(40)36-21-32(33,34)35)26-13-7-5-11-24(26)25-12-6-8-14-27(25)31/h5-8,11-14,16,20,23H,4,9-10,15,17-19,21H2,1-3H3,(H,36,40)(H,37,39). The van der Waals surface area contributed by atoms with E-state index in [0.29, 0.717) is 18.6 Å². The molecule has 220 valence electrons. The number of halogens is 3. The average molecular weight is 570 g/mol. The first kappa shape index (κ1) is 30.4. The molecular weight excluding hydrogens is 531 g/mol. The van der Waals surface area contributed by atoms with Gasteiger partial charge in [-0.15, -0.1) is 0 Å². The van der Waals surface area contributed by atoms with E-state index in [4.69, 9.17) is 4.42 Å². The summed E-state index contributed by atoms with van der Waals surface area (Å²) in [7, 11) is 0. The lowest BCUT2D eigenvalue weighted by atomic mass is 9.73. The number of hydrogen-bond acceptors (Lipinski definition) is 4. The van der Waals surface area contributed by atoms with Gasteiger partial charge in [0.15, 0.2) is 5.76 Å². The molecular formula is C32H38F3N3O3. The zero-order chi connectivity index (χ0) is 29.6. The number of fused-ring (bicyclic) bond motifs is 3. The molecule has 2 amide bonds. The first-order chi connectivity index (χ1) is 19.6. The molecule has 1 aliphatic carbocycles. The first-order valence-electron chi connectivity index (χ1n) is 14.2. The molecule has 9 heteroatoms. The molecule has 0 radical (unpaired) electrons. The lowest BCUT2D eigenvalue weighted by molar-refractivity contribution is -0.141. The molecule has 1 unspecified atom stereocenters. The molecule has 4 rings (SSSR count). The van der Waals surface area contributed by atoms with Crippen LogP contribution in [0.1, 0.15) is 66.8 Å². The molecule has 41 heavy (non-hydrogen) atoms. The predicted octanol–water partition coefficient (Wildman–Crippen LogP) is 6.23. The average Bonchev–Trinajstić information content (AvgIpc) is 3.51. The van der Waals surface area contributed by atoms with Crippen LogP contribution in [0.5, 0.6) is 0 Å². The minimum absolute atomic E-state index is 0.0480. The summed E-state index contributed by atoms with van der Waals surface area (Å²) in [5.41, 5.74) is 2.90. The molecule has 0 saturated carbocycles. The highest BCUT2D eigenvalue weighted by Crippen LogP contribution is 2.51. The van der Waals surface area contributed by atoms with Gasteiger partial charge in [0, 0.05) is 18.2 Å². The third-order valence-electron chi connectivity index (χ3n) is 7.95. The van der Waals surface area contributed by atoms with Gasteiger partial charge in [-0.2, -0.15) is 13.2 Å². The van der Waals surface area contributed by atoms with Crippen LogP contribution in [0.15, 0.2) is 65.3 Å². The minimum Gasteiger partial charge on any atom is -0.459 e. The largest absolute Gasteiger partial charge is 0.459 e. The number of furan rings is 1. The summed E-state index contributed by atoms with van der Waals surface area (Å²) in [6.45, 7) is 6.87. The van der Waals surface area contributed by atoms with Crippen molar-refractivity contribution in [2.45, 2.75) is 64.1 Å². The number of benzene rings is 2. The Bertz CT molecular complexity index is 1310. The first-order valence-corrected chi connectivity index (χ1v) is 14.2. The number of carbonyl (C=O) groups excluding carboxylic acids is 2. The van der Waals surface area contributed by atoms with Crippen LogP contribution in [-0.2, 0) is 10.2 Å². The van der Waals surface area contributed by atoms with E-state index in [0.717, 1.165) is 60.3 Å². The highest BCUT2D eigenvalue weighted by molar-refractivity contribution is 6.00. The van der Waals surface area contributed by atoms with Crippen LogP contribution >= 0.6 is 0 Å². The molecule has 1 heterocycles. The van der Waals surface area contributed by atoms with Crippen molar-refractivity contribution in [1.82, 2.24) is 15.5 Å². The van der Waals surface area contributed by atoms with Crippen LogP contribution < -0.4 is 10.6 Å². The molecule has 1 aromatic heterocycles. The van der Waals surface area contributed by atoms with E-state index in [1.54, 1.807) is 6.07 Å². The van der Waals surface area contributed by atoms with Gasteiger partial charge < -0.3 is 20.0 Å². The van der Waals surface area contributed by atoms with Gasteiger partial charge in [0.25, 0.3) is 5.91 Å². The van der Waals surface area contributed by atoms with Gasteiger partial charge in [0.1, 0.15) is 12.0 Å². The quantitative estimate of drug-likeness (QED) is 0.239. The minimum atomic E-state index is -4.50. The van der Waals surface area contributed by atoms with Gasteiger partial charge in [-0.1, -0.05) is 61.9 Å². The Balaban J connectivity index is 1.40. The van der Waals surface area contributed by atoms with Gasteiger partial charge in [-0.05, 0) is 74.5 Å². The van der Waals surface area contributed by atoms with Gasteiger partial charge >= 0.3 is 6.18 Å². The van der Waals surface area contributed by atoms with Crippen molar-refractivity contribution in [3.63, 3.8) is 0 Å². The van der Waals surface area contributed by atoms with Crippen molar-refractivity contribution < 1.29 is 27.2 Å². The third-order valence-corrected chi connectivity index (χ3v) is 7.95. The number of amides is 2. The summed E-state index contributed by atoms with van der Waals surface area (Å²) in [6, 6.07) is 16.7. The van der Waals surface area contributed by atoms with Crippen molar-refractivity contribution in [1.29, 1.82) is 0 Å². The van der Waals surface area contributed by atoms with E-state index < -0.39 is 24.0 Å². The van der Waals surface area contributed by atoms with E-state index in [9.17, 15) is 22.8 Å². The number of rotatable bonds is 13. The SMILES string of the molecule is CCN(CCCCC1(C(=O)NCC(F)(F)F)c2ccccc2-c2ccccc21)CCC(C)NC(=O)c1occc1C. The Hall–Kier alpha value is -3.59. The van der Waals surface area contributed by atoms with Crippen LogP contribution in [0.2, 0.25) is 0 Å². The molecule has 3 aromatic rings. The van der Waals surface area contributed by atoms with Crippen LogP contribution in [0, 0.1) is 6.92 Å². The summed E-state index contributed by atoms with van der Waals surface area (Å²) >= 11 is 0. The summed E-state index contributed by atoms with van der Waals surface area (Å²) in [6.07, 6.45) is -0.410. The van der Waals surface area contributed by atoms with Crippen LogP contribution in [-0.4, -0.2) is 55.1 Å². The summed E-state index contributed by atoms with van der Waals surface area (Å²) < 4.78 is 44.6. The third kappa shape index (κ3) is 6.84. The highest BCUT2D eigenvalue weighted by atomic mass is 19.4. The molecule has 2 aromatic carbocycles. The Kier molecular flexibility index (Phi) is 9.58. The van der Waals surface area contributed by atoms with E-state index in [1.807, 2.05) is 62.4 Å². The van der Waals surface area contributed by atoms with Crippen LogP contribution in [0.4, 0.5) is 13.2 Å². The summed E-state index contributed by atoms with van der Waals surface area (Å²) in [5.74, 6) is -0.516. The van der Waals surface area contributed by atoms with Crippen molar-refractivity contribution in [2.24, 2.45) is 0 Å². The number of nitrogens with one attached hydrogen (secondary N) is 2. The van der Waals surface area contributed by atoms with E-state index in [2.05, 4.69) is 22.5 Å². The van der Waals surface area contributed by atoms with E-state index in [1.165, 1.54) is 6.26 Å². The Morgan fingerprint density at radius 2 is 1.61 bits per heavy atom. The van der Waals surface area contributed by atoms with Crippen LogP contribution in [0.3, 0.4) is 0 Å². The summed E-state index contributed by atoms with van der Waals surface area (Å²) in [5, 5.41) is 5.18. The van der Waals surface area contributed by atoms with Crippen LogP contribution in [0.25, 0.3) is 11.1 Å². The second-order valence-electron chi connectivity index (χ2n) is 10.8. The fourth-order valence-electron chi connectivity index (χ4n) is 5.78. The maximum atomic E-state index is 13.6. The zero-order valence-electron chi connectivity index (χ0n) is 23.8. The second-order valence-corrected chi connectivity index (χ2v) is 10.8. The molecule has 1 aliphatic rings. The fourth-order valence-corrected chi connectivity index (χ4v) is 5.78. The lowest BCUT2D eigenvalue weighted by Crippen LogP contribution is -2.47.